The molecule has 1 heterocycles. The maximum Gasteiger partial charge on any atom is 0.412 e. The third kappa shape index (κ3) is 4.93. The number of nitro groups is 1. The number of amides is 2. The highest BCUT2D eigenvalue weighted by Gasteiger charge is 2.42. The lowest BCUT2D eigenvalue weighted by molar-refractivity contribution is -0.384. The van der Waals surface area contributed by atoms with Crippen LogP contribution in [0.2, 0.25) is 0 Å². The van der Waals surface area contributed by atoms with Gasteiger partial charge in [0.15, 0.2) is 0 Å². The number of rotatable bonds is 6. The fourth-order valence-electron chi connectivity index (χ4n) is 3.41. The molecule has 0 radical (unpaired) electrons. The first-order valence-electron chi connectivity index (χ1n) is 9.52. The average molecular weight is 413 g/mol. The third-order valence-electron chi connectivity index (χ3n) is 5.00. The second kappa shape index (κ2) is 9.36. The zero-order valence-corrected chi connectivity index (χ0v) is 16.5. The Bertz CT molecular complexity index is 903. The number of benzene rings is 2. The Morgan fingerprint density at radius 1 is 1.13 bits per heavy atom. The molecule has 2 aromatic carbocycles. The van der Waals surface area contributed by atoms with Crippen LogP contribution in [0.3, 0.4) is 0 Å². The van der Waals surface area contributed by atoms with Gasteiger partial charge in [0.1, 0.15) is 18.9 Å². The van der Waals surface area contributed by atoms with Gasteiger partial charge in [0, 0.05) is 25.7 Å². The standard InChI is InChI=1S/C21H23N3O6/c1-22(13-15-5-3-2-4-6-15)20(26)18-11-12-19(25)23(18)21(27)30-14-16-7-9-17(10-8-16)24(28)29/h2-10,18-19,25H,11-14H2,1H3/t18-,19?/m0/s1. The van der Waals surface area contributed by atoms with E-state index in [0.717, 1.165) is 10.5 Å². The number of aliphatic hydroxyl groups is 1. The maximum absolute atomic E-state index is 12.9. The molecule has 158 valence electrons. The van der Waals surface area contributed by atoms with Crippen LogP contribution in [0.5, 0.6) is 0 Å². The Kier molecular flexibility index (Phi) is 6.63. The van der Waals surface area contributed by atoms with Crippen molar-refractivity contribution in [2.24, 2.45) is 0 Å². The van der Waals surface area contributed by atoms with Gasteiger partial charge >= 0.3 is 6.09 Å². The second-order valence-corrected chi connectivity index (χ2v) is 7.14. The lowest BCUT2D eigenvalue weighted by Crippen LogP contribution is -2.49. The summed E-state index contributed by atoms with van der Waals surface area (Å²) in [5.41, 5.74) is 1.46. The Labute approximate surface area is 173 Å². The van der Waals surface area contributed by atoms with Gasteiger partial charge in [-0.3, -0.25) is 19.8 Å². The van der Waals surface area contributed by atoms with Gasteiger partial charge in [0.05, 0.1) is 4.92 Å². The Morgan fingerprint density at radius 2 is 1.80 bits per heavy atom. The number of nitrogens with zero attached hydrogens (tertiary/aromatic N) is 3. The molecule has 30 heavy (non-hydrogen) atoms. The number of carbonyl (C=O) groups is 2. The zero-order chi connectivity index (χ0) is 21.7. The largest absolute Gasteiger partial charge is 0.444 e. The molecule has 0 aromatic heterocycles. The van der Waals surface area contributed by atoms with Crippen LogP contribution in [0.15, 0.2) is 54.6 Å². The van der Waals surface area contributed by atoms with E-state index in [2.05, 4.69) is 0 Å². The first-order chi connectivity index (χ1) is 14.4. The predicted molar refractivity (Wildman–Crippen MR) is 107 cm³/mol. The molecule has 0 spiro atoms. The van der Waals surface area contributed by atoms with E-state index in [-0.39, 0.29) is 24.6 Å². The number of likely N-dealkylation sites (N-methyl/N-ethyl adjacent to an activating group) is 1. The molecule has 1 aliphatic heterocycles. The molecule has 9 heteroatoms. The molecule has 1 N–H and O–H groups in total. The number of non-ortho nitro benzene ring substituents is 1. The smallest absolute Gasteiger partial charge is 0.412 e. The number of hydrogen-bond donors (Lipinski definition) is 1. The van der Waals surface area contributed by atoms with E-state index < -0.39 is 23.3 Å². The van der Waals surface area contributed by atoms with Crippen molar-refractivity contribution < 1.29 is 24.4 Å². The topological polar surface area (TPSA) is 113 Å². The average Bonchev–Trinajstić information content (AvgIpc) is 3.13. The van der Waals surface area contributed by atoms with Crippen molar-refractivity contribution in [3.8, 4) is 0 Å². The summed E-state index contributed by atoms with van der Waals surface area (Å²) in [5.74, 6) is -0.275. The van der Waals surface area contributed by atoms with E-state index in [1.165, 1.54) is 29.2 Å². The molecule has 3 rings (SSSR count). The van der Waals surface area contributed by atoms with Crippen molar-refractivity contribution in [3.63, 3.8) is 0 Å². The van der Waals surface area contributed by atoms with Crippen LogP contribution >= 0.6 is 0 Å². The highest BCUT2D eigenvalue weighted by molar-refractivity contribution is 5.86. The van der Waals surface area contributed by atoms with Crippen LogP contribution in [-0.4, -0.2) is 51.1 Å². The van der Waals surface area contributed by atoms with Crippen LogP contribution in [0.25, 0.3) is 0 Å². The summed E-state index contributed by atoms with van der Waals surface area (Å²) in [7, 11) is 1.65. The summed E-state index contributed by atoms with van der Waals surface area (Å²) in [4.78, 5) is 38.2. The number of aliphatic hydroxyl groups excluding tert-OH is 1. The van der Waals surface area contributed by atoms with Crippen LogP contribution in [0.4, 0.5) is 10.5 Å². The lowest BCUT2D eigenvalue weighted by atomic mass is 10.1. The van der Waals surface area contributed by atoms with Crippen molar-refractivity contribution >= 4 is 17.7 Å². The van der Waals surface area contributed by atoms with Gasteiger partial charge in [0.2, 0.25) is 5.91 Å². The summed E-state index contributed by atoms with van der Waals surface area (Å²) in [5, 5.41) is 20.9. The molecular weight excluding hydrogens is 390 g/mol. The van der Waals surface area contributed by atoms with Crippen molar-refractivity contribution in [3.05, 3.63) is 75.8 Å². The molecule has 1 aliphatic rings. The molecule has 1 saturated heterocycles. The molecule has 1 unspecified atom stereocenters. The number of hydrogen-bond acceptors (Lipinski definition) is 6. The summed E-state index contributed by atoms with van der Waals surface area (Å²) >= 11 is 0. The van der Waals surface area contributed by atoms with Gasteiger partial charge in [-0.05, 0) is 36.1 Å². The molecule has 0 aliphatic carbocycles. The highest BCUT2D eigenvalue weighted by atomic mass is 16.6. The van der Waals surface area contributed by atoms with Crippen LogP contribution in [0, 0.1) is 10.1 Å². The van der Waals surface area contributed by atoms with Gasteiger partial charge in [-0.1, -0.05) is 30.3 Å². The molecule has 2 atom stereocenters. The van der Waals surface area contributed by atoms with E-state index in [9.17, 15) is 24.8 Å². The maximum atomic E-state index is 12.9. The van der Waals surface area contributed by atoms with Gasteiger partial charge in [-0.25, -0.2) is 4.79 Å². The molecule has 2 aromatic rings. The molecule has 0 saturated carbocycles. The molecule has 2 amide bonds. The van der Waals surface area contributed by atoms with E-state index in [0.29, 0.717) is 18.5 Å². The van der Waals surface area contributed by atoms with Crippen molar-refractivity contribution in [1.82, 2.24) is 9.80 Å². The first kappa shape index (κ1) is 21.3. The monoisotopic (exact) mass is 413 g/mol. The normalized spacial score (nSPS) is 18.1. The van der Waals surface area contributed by atoms with E-state index >= 15 is 0 Å². The minimum absolute atomic E-state index is 0.0628. The Balaban J connectivity index is 1.61. The Morgan fingerprint density at radius 3 is 2.43 bits per heavy atom. The molecular formula is C21H23N3O6. The number of nitro benzene ring substituents is 1. The van der Waals surface area contributed by atoms with Crippen LogP contribution in [-0.2, 0) is 22.7 Å². The quantitative estimate of drug-likeness (QED) is 0.575. The fourth-order valence-corrected chi connectivity index (χ4v) is 3.41. The number of likely N-dealkylation sites (tertiary alicyclic amines) is 1. The van der Waals surface area contributed by atoms with Gasteiger partial charge in [-0.2, -0.15) is 0 Å². The number of ether oxygens (including phenoxy) is 1. The summed E-state index contributed by atoms with van der Waals surface area (Å²) < 4.78 is 5.25. The highest BCUT2D eigenvalue weighted by Crippen LogP contribution is 2.26. The van der Waals surface area contributed by atoms with Crippen molar-refractivity contribution in [2.45, 2.75) is 38.3 Å². The zero-order valence-electron chi connectivity index (χ0n) is 16.5. The van der Waals surface area contributed by atoms with Crippen LogP contribution in [0.1, 0.15) is 24.0 Å². The predicted octanol–water partition coefficient (Wildman–Crippen LogP) is 2.67. The van der Waals surface area contributed by atoms with Crippen LogP contribution < -0.4 is 0 Å². The molecule has 1 fully saturated rings. The van der Waals surface area contributed by atoms with E-state index in [4.69, 9.17) is 4.74 Å². The summed E-state index contributed by atoms with van der Waals surface area (Å²) in [6.45, 7) is 0.263. The second-order valence-electron chi connectivity index (χ2n) is 7.14. The Hall–Kier alpha value is -3.46. The minimum Gasteiger partial charge on any atom is -0.444 e. The SMILES string of the molecule is CN(Cc1ccccc1)C(=O)[C@@H]1CCC(O)N1C(=O)OCc1ccc([N+](=O)[O-])cc1. The van der Waals surface area contributed by atoms with Crippen molar-refractivity contribution in [1.29, 1.82) is 0 Å². The van der Waals surface area contributed by atoms with Gasteiger partial charge < -0.3 is 14.7 Å². The summed E-state index contributed by atoms with van der Waals surface area (Å²) in [6.07, 6.45) is -1.29. The fraction of sp³-hybridized carbons (Fsp3) is 0.333. The van der Waals surface area contributed by atoms with Gasteiger partial charge in [-0.15, -0.1) is 0 Å². The molecule has 0 bridgehead atoms. The number of carbonyl (C=O) groups excluding carboxylic acids is 2. The minimum atomic E-state index is -1.10. The van der Waals surface area contributed by atoms with E-state index in [1.807, 2.05) is 30.3 Å². The van der Waals surface area contributed by atoms with Gasteiger partial charge in [0.25, 0.3) is 5.69 Å². The third-order valence-corrected chi connectivity index (χ3v) is 5.00. The summed E-state index contributed by atoms with van der Waals surface area (Å²) in [6, 6.07) is 14.3. The van der Waals surface area contributed by atoms with E-state index in [1.54, 1.807) is 7.05 Å². The lowest BCUT2D eigenvalue weighted by Gasteiger charge is -2.29. The first-order valence-corrected chi connectivity index (χ1v) is 9.52. The molecule has 9 nitrogen and oxygen atoms in total. The van der Waals surface area contributed by atoms with Crippen molar-refractivity contribution in [2.75, 3.05) is 7.05 Å².